The molecular formula is C24H19FN4O2. The molecule has 0 aliphatic carbocycles. The van der Waals surface area contributed by atoms with Crippen LogP contribution in [0.3, 0.4) is 0 Å². The lowest BCUT2D eigenvalue weighted by atomic mass is 10.1. The van der Waals surface area contributed by atoms with E-state index in [1.54, 1.807) is 55.6 Å². The van der Waals surface area contributed by atoms with E-state index in [0.717, 1.165) is 5.56 Å². The van der Waals surface area contributed by atoms with Gasteiger partial charge in [0.2, 0.25) is 0 Å². The Balaban J connectivity index is 1.52. The molecule has 1 aromatic heterocycles. The van der Waals surface area contributed by atoms with Crippen LogP contribution in [0.1, 0.15) is 10.4 Å². The van der Waals surface area contributed by atoms with Gasteiger partial charge in [0.15, 0.2) is 0 Å². The Bertz CT molecular complexity index is 1210. The summed E-state index contributed by atoms with van der Waals surface area (Å²) in [5, 5.41) is 6.03. The number of ether oxygens (including phenoxy) is 1. The van der Waals surface area contributed by atoms with Gasteiger partial charge in [-0.25, -0.2) is 14.4 Å². The second-order valence-electron chi connectivity index (χ2n) is 6.66. The molecule has 0 radical (unpaired) electrons. The van der Waals surface area contributed by atoms with Crippen LogP contribution < -0.4 is 15.4 Å². The molecule has 6 nitrogen and oxygen atoms in total. The van der Waals surface area contributed by atoms with Gasteiger partial charge in [-0.1, -0.05) is 18.2 Å². The van der Waals surface area contributed by atoms with Crippen molar-refractivity contribution in [1.29, 1.82) is 0 Å². The predicted molar refractivity (Wildman–Crippen MR) is 118 cm³/mol. The molecule has 0 spiro atoms. The van der Waals surface area contributed by atoms with Crippen molar-refractivity contribution in [3.8, 4) is 17.0 Å². The highest BCUT2D eigenvalue weighted by Gasteiger charge is 2.10. The molecule has 0 saturated heterocycles. The van der Waals surface area contributed by atoms with Gasteiger partial charge >= 0.3 is 0 Å². The van der Waals surface area contributed by atoms with Gasteiger partial charge in [-0.05, 0) is 54.6 Å². The van der Waals surface area contributed by atoms with Crippen LogP contribution in [-0.4, -0.2) is 23.0 Å². The molecule has 0 atom stereocenters. The molecule has 31 heavy (non-hydrogen) atoms. The third kappa shape index (κ3) is 4.84. The van der Waals surface area contributed by atoms with Crippen molar-refractivity contribution in [2.45, 2.75) is 0 Å². The first-order valence-corrected chi connectivity index (χ1v) is 9.52. The fourth-order valence-corrected chi connectivity index (χ4v) is 3.03. The highest BCUT2D eigenvalue weighted by Crippen LogP contribution is 2.25. The molecule has 1 heterocycles. The number of nitrogens with zero attached hydrogens (tertiary/aromatic N) is 2. The summed E-state index contributed by atoms with van der Waals surface area (Å²) in [4.78, 5) is 21.2. The fourth-order valence-electron chi connectivity index (χ4n) is 3.03. The average Bonchev–Trinajstić information content (AvgIpc) is 2.80. The number of methoxy groups -OCH3 is 1. The van der Waals surface area contributed by atoms with Crippen molar-refractivity contribution >= 4 is 23.1 Å². The number of hydrogen-bond donors (Lipinski definition) is 2. The summed E-state index contributed by atoms with van der Waals surface area (Å²) >= 11 is 0. The van der Waals surface area contributed by atoms with Gasteiger partial charge in [0.05, 0.1) is 18.5 Å². The Morgan fingerprint density at radius 1 is 0.935 bits per heavy atom. The maximum Gasteiger partial charge on any atom is 0.255 e. The van der Waals surface area contributed by atoms with Crippen molar-refractivity contribution in [3.63, 3.8) is 0 Å². The van der Waals surface area contributed by atoms with Crippen LogP contribution >= 0.6 is 0 Å². The van der Waals surface area contributed by atoms with Crippen LogP contribution in [0, 0.1) is 5.82 Å². The Hall–Kier alpha value is -4.26. The van der Waals surface area contributed by atoms with Crippen LogP contribution in [0.5, 0.6) is 5.75 Å². The zero-order valence-corrected chi connectivity index (χ0v) is 16.7. The van der Waals surface area contributed by atoms with E-state index in [1.807, 2.05) is 18.2 Å². The number of aromatic nitrogens is 2. The van der Waals surface area contributed by atoms with Gasteiger partial charge in [0.25, 0.3) is 5.91 Å². The number of para-hydroxylation sites is 2. The molecule has 4 rings (SSSR count). The molecule has 0 unspecified atom stereocenters. The van der Waals surface area contributed by atoms with E-state index in [-0.39, 0.29) is 11.7 Å². The standard InChI is InChI=1S/C24H19FN4O2/c1-31-22-8-3-2-7-20(22)29-24(30)17-5-4-6-19(13-17)28-23-14-21(26-15-27-23)16-9-11-18(25)12-10-16/h2-15H,1H3,(H,29,30)(H,26,27,28). The Kier molecular flexibility index (Phi) is 5.84. The van der Waals surface area contributed by atoms with Gasteiger partial charge in [-0.3, -0.25) is 4.79 Å². The van der Waals surface area contributed by atoms with Gasteiger partial charge < -0.3 is 15.4 Å². The number of anilines is 3. The van der Waals surface area contributed by atoms with Crippen LogP contribution in [0.15, 0.2) is 85.2 Å². The molecule has 1 amide bonds. The lowest BCUT2D eigenvalue weighted by molar-refractivity contribution is 0.102. The van der Waals surface area contributed by atoms with E-state index in [2.05, 4.69) is 20.6 Å². The molecule has 0 bridgehead atoms. The lowest BCUT2D eigenvalue weighted by Gasteiger charge is -2.11. The van der Waals surface area contributed by atoms with Crippen molar-refractivity contribution in [1.82, 2.24) is 9.97 Å². The summed E-state index contributed by atoms with van der Waals surface area (Å²) < 4.78 is 18.4. The highest BCUT2D eigenvalue weighted by molar-refractivity contribution is 6.05. The van der Waals surface area contributed by atoms with E-state index in [1.165, 1.54) is 18.5 Å². The predicted octanol–water partition coefficient (Wildman–Crippen LogP) is 5.29. The van der Waals surface area contributed by atoms with Crippen LogP contribution in [0.25, 0.3) is 11.3 Å². The number of nitrogens with one attached hydrogen (secondary N) is 2. The second kappa shape index (κ2) is 9.04. The number of carbonyl (C=O) groups excluding carboxylic acids is 1. The Morgan fingerprint density at radius 3 is 2.55 bits per heavy atom. The van der Waals surface area contributed by atoms with Crippen molar-refractivity contribution < 1.29 is 13.9 Å². The average molecular weight is 414 g/mol. The van der Waals surface area contributed by atoms with Gasteiger partial charge in [-0.2, -0.15) is 0 Å². The monoisotopic (exact) mass is 414 g/mol. The van der Waals surface area contributed by atoms with E-state index in [9.17, 15) is 9.18 Å². The Labute approximate surface area is 178 Å². The summed E-state index contributed by atoms with van der Waals surface area (Å²) in [6.45, 7) is 0. The SMILES string of the molecule is COc1ccccc1NC(=O)c1cccc(Nc2cc(-c3ccc(F)cc3)ncn2)c1. The lowest BCUT2D eigenvalue weighted by Crippen LogP contribution is -2.12. The minimum atomic E-state index is -0.306. The summed E-state index contributed by atoms with van der Waals surface area (Å²) in [5.41, 5.74) is 3.19. The highest BCUT2D eigenvalue weighted by atomic mass is 19.1. The number of rotatable bonds is 6. The zero-order chi connectivity index (χ0) is 21.6. The number of benzene rings is 3. The molecule has 7 heteroatoms. The number of amides is 1. The molecule has 0 aliphatic heterocycles. The zero-order valence-electron chi connectivity index (χ0n) is 16.7. The third-order valence-electron chi connectivity index (χ3n) is 4.56. The molecule has 0 aliphatic rings. The van der Waals surface area contributed by atoms with E-state index in [4.69, 9.17) is 4.74 Å². The maximum absolute atomic E-state index is 13.2. The first-order valence-electron chi connectivity index (χ1n) is 9.52. The van der Waals surface area contributed by atoms with Crippen LogP contribution in [0.4, 0.5) is 21.6 Å². The third-order valence-corrected chi connectivity index (χ3v) is 4.56. The van der Waals surface area contributed by atoms with Crippen molar-refractivity contribution in [2.75, 3.05) is 17.7 Å². The number of carbonyl (C=O) groups is 1. The number of hydrogen-bond acceptors (Lipinski definition) is 5. The summed E-state index contributed by atoms with van der Waals surface area (Å²) in [7, 11) is 1.55. The van der Waals surface area contributed by atoms with Gasteiger partial charge in [0, 0.05) is 22.9 Å². The van der Waals surface area contributed by atoms with Crippen molar-refractivity contribution in [2.24, 2.45) is 0 Å². The van der Waals surface area contributed by atoms with E-state index < -0.39 is 0 Å². The smallest absolute Gasteiger partial charge is 0.255 e. The van der Waals surface area contributed by atoms with Gasteiger partial charge in [0.1, 0.15) is 23.7 Å². The largest absolute Gasteiger partial charge is 0.495 e. The minimum Gasteiger partial charge on any atom is -0.495 e. The van der Waals surface area contributed by atoms with Crippen LogP contribution in [0.2, 0.25) is 0 Å². The summed E-state index contributed by atoms with van der Waals surface area (Å²) in [5.74, 6) is 0.568. The molecular weight excluding hydrogens is 395 g/mol. The van der Waals surface area contributed by atoms with E-state index in [0.29, 0.717) is 34.2 Å². The molecule has 2 N–H and O–H groups in total. The van der Waals surface area contributed by atoms with E-state index >= 15 is 0 Å². The first-order chi connectivity index (χ1) is 15.1. The molecule has 0 saturated carbocycles. The first kappa shape index (κ1) is 20.0. The van der Waals surface area contributed by atoms with Gasteiger partial charge in [-0.15, -0.1) is 0 Å². The minimum absolute atomic E-state index is 0.261. The maximum atomic E-state index is 13.2. The number of halogens is 1. The quantitative estimate of drug-likeness (QED) is 0.449. The molecule has 0 fully saturated rings. The second-order valence-corrected chi connectivity index (χ2v) is 6.66. The summed E-state index contributed by atoms with van der Waals surface area (Å²) in [6.07, 6.45) is 1.43. The fraction of sp³-hybridized carbons (Fsp3) is 0.0417. The summed E-state index contributed by atoms with van der Waals surface area (Å²) in [6, 6.07) is 22.1. The van der Waals surface area contributed by atoms with Crippen LogP contribution in [-0.2, 0) is 0 Å². The van der Waals surface area contributed by atoms with Crippen molar-refractivity contribution in [3.05, 3.63) is 96.6 Å². The normalized spacial score (nSPS) is 10.4. The Morgan fingerprint density at radius 2 is 1.74 bits per heavy atom. The molecule has 154 valence electrons. The molecule has 4 aromatic rings. The molecule has 3 aromatic carbocycles. The topological polar surface area (TPSA) is 76.1 Å².